The van der Waals surface area contributed by atoms with Crippen molar-refractivity contribution in [1.29, 1.82) is 0 Å². The van der Waals surface area contributed by atoms with E-state index < -0.39 is 6.04 Å². The van der Waals surface area contributed by atoms with Crippen LogP contribution in [0.3, 0.4) is 0 Å². The molecule has 3 aromatic carbocycles. The first-order valence-corrected chi connectivity index (χ1v) is 11.5. The highest BCUT2D eigenvalue weighted by Gasteiger charge is 2.35. The van der Waals surface area contributed by atoms with E-state index in [1.807, 2.05) is 37.3 Å². The third-order valence-electron chi connectivity index (χ3n) is 6.03. The standard InChI is InChI=1S/C28H28N2O5/c1-4-35-25-13-12-20(15-26(25)34-3)24(30-17-21-8-5-6-11-23(21)28(30)33)16-27(32)29-22-10-7-9-19(14-22)18(2)31/h5-15,24H,4,16-17H2,1-3H3,(H,29,32)/t24-/m1/s1. The minimum absolute atomic E-state index is 0.0289. The Labute approximate surface area is 204 Å². The molecule has 0 fully saturated rings. The third kappa shape index (κ3) is 5.19. The molecule has 7 nitrogen and oxygen atoms in total. The van der Waals surface area contributed by atoms with E-state index in [1.54, 1.807) is 48.4 Å². The molecule has 0 saturated carbocycles. The van der Waals surface area contributed by atoms with Crippen molar-refractivity contribution in [3.05, 3.63) is 89.0 Å². The summed E-state index contributed by atoms with van der Waals surface area (Å²) in [5.74, 6) is 0.658. The van der Waals surface area contributed by atoms with Crippen molar-refractivity contribution in [2.24, 2.45) is 0 Å². The van der Waals surface area contributed by atoms with Gasteiger partial charge in [-0.2, -0.15) is 0 Å². The van der Waals surface area contributed by atoms with E-state index in [9.17, 15) is 14.4 Å². The van der Waals surface area contributed by atoms with E-state index in [0.717, 1.165) is 11.1 Å². The van der Waals surface area contributed by atoms with Crippen LogP contribution in [0.4, 0.5) is 5.69 Å². The monoisotopic (exact) mass is 472 g/mol. The summed E-state index contributed by atoms with van der Waals surface area (Å²) >= 11 is 0. The van der Waals surface area contributed by atoms with Gasteiger partial charge in [0.2, 0.25) is 5.91 Å². The van der Waals surface area contributed by atoms with Gasteiger partial charge in [-0.15, -0.1) is 0 Å². The number of carbonyl (C=O) groups is 3. The first kappa shape index (κ1) is 24.0. The predicted octanol–water partition coefficient (Wildman–Crippen LogP) is 5.02. The summed E-state index contributed by atoms with van der Waals surface area (Å²) in [5, 5.41) is 2.87. The zero-order valence-electron chi connectivity index (χ0n) is 20.0. The van der Waals surface area contributed by atoms with Crippen LogP contribution in [-0.2, 0) is 11.3 Å². The quantitative estimate of drug-likeness (QED) is 0.442. The maximum Gasteiger partial charge on any atom is 0.255 e. The highest BCUT2D eigenvalue weighted by Crippen LogP contribution is 2.37. The lowest BCUT2D eigenvalue weighted by Crippen LogP contribution is -2.32. The Kier molecular flexibility index (Phi) is 7.15. The van der Waals surface area contributed by atoms with Gasteiger partial charge in [0.1, 0.15) is 0 Å². The van der Waals surface area contributed by atoms with E-state index in [-0.39, 0.29) is 24.0 Å². The van der Waals surface area contributed by atoms with E-state index in [4.69, 9.17) is 9.47 Å². The van der Waals surface area contributed by atoms with Crippen LogP contribution < -0.4 is 14.8 Å². The largest absolute Gasteiger partial charge is 0.493 e. The molecule has 1 aliphatic heterocycles. The van der Waals surface area contributed by atoms with Crippen LogP contribution in [0, 0.1) is 0 Å². The van der Waals surface area contributed by atoms with Crippen LogP contribution in [0.1, 0.15) is 58.2 Å². The SMILES string of the molecule is CCOc1ccc([C@@H](CC(=O)Nc2cccc(C(C)=O)c2)N2Cc3ccccc3C2=O)cc1OC. The van der Waals surface area contributed by atoms with Crippen LogP contribution in [0.25, 0.3) is 0 Å². The number of ketones is 1. The number of fused-ring (bicyclic) bond motifs is 1. The van der Waals surface area contributed by atoms with Gasteiger partial charge in [-0.05, 0) is 55.3 Å². The number of nitrogens with zero attached hydrogens (tertiary/aromatic N) is 1. The van der Waals surface area contributed by atoms with Crippen LogP contribution >= 0.6 is 0 Å². The Morgan fingerprint density at radius 1 is 1.03 bits per heavy atom. The summed E-state index contributed by atoms with van der Waals surface area (Å²) in [5.41, 5.74) is 3.38. The number of nitrogens with one attached hydrogen (secondary N) is 1. The Morgan fingerprint density at radius 3 is 2.54 bits per heavy atom. The topological polar surface area (TPSA) is 84.9 Å². The Bertz CT molecular complexity index is 1270. The number of benzene rings is 3. The second-order valence-corrected chi connectivity index (χ2v) is 8.34. The summed E-state index contributed by atoms with van der Waals surface area (Å²) in [6, 6.07) is 19.2. The van der Waals surface area contributed by atoms with Crippen LogP contribution in [0.2, 0.25) is 0 Å². The van der Waals surface area contributed by atoms with Crippen molar-refractivity contribution in [1.82, 2.24) is 4.90 Å². The zero-order valence-corrected chi connectivity index (χ0v) is 20.0. The lowest BCUT2D eigenvalue weighted by atomic mass is 10.0. The van der Waals surface area contributed by atoms with E-state index in [2.05, 4.69) is 5.32 Å². The molecule has 3 aromatic rings. The normalized spacial score (nSPS) is 13.2. The molecule has 7 heteroatoms. The van der Waals surface area contributed by atoms with Gasteiger partial charge in [-0.1, -0.05) is 36.4 Å². The molecule has 1 atom stereocenters. The molecule has 0 aliphatic carbocycles. The molecule has 0 bridgehead atoms. The number of methoxy groups -OCH3 is 1. The van der Waals surface area contributed by atoms with Gasteiger partial charge < -0.3 is 19.7 Å². The van der Waals surface area contributed by atoms with Gasteiger partial charge in [0, 0.05) is 23.4 Å². The van der Waals surface area contributed by atoms with Gasteiger partial charge >= 0.3 is 0 Å². The number of Topliss-reactive ketones (excluding diaryl/α,β-unsaturated/α-hetero) is 1. The molecule has 4 rings (SSSR count). The van der Waals surface area contributed by atoms with Gasteiger partial charge in [-0.3, -0.25) is 14.4 Å². The molecule has 1 heterocycles. The van der Waals surface area contributed by atoms with Crippen molar-refractivity contribution in [2.45, 2.75) is 32.9 Å². The predicted molar refractivity (Wildman–Crippen MR) is 133 cm³/mol. The highest BCUT2D eigenvalue weighted by molar-refractivity contribution is 6.00. The van der Waals surface area contributed by atoms with Gasteiger partial charge in [0.05, 0.1) is 26.2 Å². The van der Waals surface area contributed by atoms with Crippen LogP contribution in [0.5, 0.6) is 11.5 Å². The van der Waals surface area contributed by atoms with E-state index in [0.29, 0.717) is 41.5 Å². The number of hydrogen-bond acceptors (Lipinski definition) is 5. The first-order chi connectivity index (χ1) is 16.9. The fourth-order valence-electron chi connectivity index (χ4n) is 4.31. The number of rotatable bonds is 9. The average Bonchev–Trinajstić information content (AvgIpc) is 3.19. The highest BCUT2D eigenvalue weighted by atomic mass is 16.5. The molecule has 0 aromatic heterocycles. The second-order valence-electron chi connectivity index (χ2n) is 8.34. The molecule has 0 saturated heterocycles. The molecule has 2 amide bonds. The van der Waals surface area contributed by atoms with Crippen molar-refractivity contribution in [3.63, 3.8) is 0 Å². The van der Waals surface area contributed by atoms with Crippen molar-refractivity contribution in [3.8, 4) is 11.5 Å². The maximum absolute atomic E-state index is 13.3. The van der Waals surface area contributed by atoms with Gasteiger partial charge in [0.25, 0.3) is 5.91 Å². The molecule has 1 aliphatic rings. The van der Waals surface area contributed by atoms with Crippen molar-refractivity contribution in [2.75, 3.05) is 19.0 Å². The van der Waals surface area contributed by atoms with Crippen molar-refractivity contribution < 1.29 is 23.9 Å². The Balaban J connectivity index is 1.65. The second kappa shape index (κ2) is 10.4. The van der Waals surface area contributed by atoms with E-state index in [1.165, 1.54) is 6.92 Å². The molecule has 35 heavy (non-hydrogen) atoms. The summed E-state index contributed by atoms with van der Waals surface area (Å²) in [6.07, 6.45) is 0.0289. The number of amides is 2. The molecule has 0 spiro atoms. The number of hydrogen-bond donors (Lipinski definition) is 1. The van der Waals surface area contributed by atoms with Crippen molar-refractivity contribution >= 4 is 23.3 Å². The minimum atomic E-state index is -0.532. The number of ether oxygens (including phenoxy) is 2. The molecule has 0 radical (unpaired) electrons. The van der Waals surface area contributed by atoms with Gasteiger partial charge in [0.15, 0.2) is 17.3 Å². The molecular formula is C28H28N2O5. The first-order valence-electron chi connectivity index (χ1n) is 11.5. The van der Waals surface area contributed by atoms with E-state index >= 15 is 0 Å². The lowest BCUT2D eigenvalue weighted by Gasteiger charge is -2.28. The fourth-order valence-corrected chi connectivity index (χ4v) is 4.31. The molecule has 180 valence electrons. The molecule has 0 unspecified atom stereocenters. The summed E-state index contributed by atoms with van der Waals surface area (Å²) in [7, 11) is 1.56. The fraction of sp³-hybridized carbons (Fsp3) is 0.250. The third-order valence-corrected chi connectivity index (χ3v) is 6.03. The lowest BCUT2D eigenvalue weighted by molar-refractivity contribution is -0.117. The molecule has 1 N–H and O–H groups in total. The Hall–Kier alpha value is -4.13. The smallest absolute Gasteiger partial charge is 0.255 e. The minimum Gasteiger partial charge on any atom is -0.493 e. The molecular weight excluding hydrogens is 444 g/mol. The summed E-state index contributed by atoms with van der Waals surface area (Å²) < 4.78 is 11.2. The Morgan fingerprint density at radius 2 is 1.83 bits per heavy atom. The van der Waals surface area contributed by atoms with Crippen LogP contribution in [-0.4, -0.2) is 36.2 Å². The van der Waals surface area contributed by atoms with Crippen LogP contribution in [0.15, 0.2) is 66.7 Å². The summed E-state index contributed by atoms with van der Waals surface area (Å²) in [4.78, 5) is 39.9. The zero-order chi connectivity index (χ0) is 24.9. The number of carbonyl (C=O) groups excluding carboxylic acids is 3. The average molecular weight is 473 g/mol. The number of anilines is 1. The maximum atomic E-state index is 13.3. The summed E-state index contributed by atoms with van der Waals surface area (Å²) in [6.45, 7) is 4.26. The van der Waals surface area contributed by atoms with Gasteiger partial charge in [-0.25, -0.2) is 0 Å².